The molecule has 100 valence electrons. The van der Waals surface area contributed by atoms with Crippen LogP contribution in [0.2, 0.25) is 0 Å². The second-order valence-corrected chi connectivity index (χ2v) is 6.26. The maximum Gasteiger partial charge on any atom is 0.0954 e. The highest BCUT2D eigenvalue weighted by molar-refractivity contribution is 8.14. The van der Waals surface area contributed by atoms with Gasteiger partial charge in [-0.3, -0.25) is 9.89 Å². The minimum atomic E-state index is 0.890. The number of hydrogen-bond acceptors (Lipinski definition) is 4. The molecule has 0 aromatic heterocycles. The number of fused-ring (bicyclic) bond motifs is 1. The summed E-state index contributed by atoms with van der Waals surface area (Å²) in [4.78, 5) is 7.60. The van der Waals surface area contributed by atoms with Gasteiger partial charge in [-0.2, -0.15) is 0 Å². The van der Waals surface area contributed by atoms with Gasteiger partial charge in [0.25, 0.3) is 0 Å². The van der Waals surface area contributed by atoms with Crippen molar-refractivity contribution in [2.45, 2.75) is 4.90 Å². The van der Waals surface area contributed by atoms with Gasteiger partial charge in [0, 0.05) is 41.2 Å². The Morgan fingerprint density at radius 2 is 2.14 bits per heavy atom. The average Bonchev–Trinajstić information content (AvgIpc) is 3.12. The molecule has 0 saturated heterocycles. The summed E-state index contributed by atoms with van der Waals surface area (Å²) in [6.45, 7) is 0.890. The van der Waals surface area contributed by atoms with Crippen molar-refractivity contribution in [1.82, 2.24) is 0 Å². The molecule has 0 fully saturated rings. The first-order valence-corrected chi connectivity index (χ1v) is 8.11. The number of benzene rings is 1. The SMILES string of the molecule is C#CC#CC#CN1C(=CC2=NCCS2)Sc2ccccc21. The summed E-state index contributed by atoms with van der Waals surface area (Å²) in [5, 5.41) is 2.12. The highest BCUT2D eigenvalue weighted by atomic mass is 32.2. The number of rotatable bonds is 1. The molecule has 0 unspecified atom stereocenters. The van der Waals surface area contributed by atoms with Crippen LogP contribution in [0.15, 0.2) is 45.3 Å². The lowest BCUT2D eigenvalue weighted by molar-refractivity contribution is 1.18. The third-order valence-electron chi connectivity index (χ3n) is 2.76. The monoisotopic (exact) mass is 306 g/mol. The summed E-state index contributed by atoms with van der Waals surface area (Å²) in [5.41, 5.74) is 1.08. The lowest BCUT2D eigenvalue weighted by atomic mass is 10.3. The fraction of sp³-hybridized carbons (Fsp3) is 0.118. The molecule has 2 aliphatic heterocycles. The molecule has 4 heteroatoms. The molecule has 0 saturated carbocycles. The van der Waals surface area contributed by atoms with Crippen molar-refractivity contribution in [3.05, 3.63) is 35.4 Å². The van der Waals surface area contributed by atoms with Crippen LogP contribution in [0, 0.1) is 36.1 Å². The van der Waals surface area contributed by atoms with Gasteiger partial charge in [0.1, 0.15) is 0 Å². The average molecular weight is 306 g/mol. The van der Waals surface area contributed by atoms with Gasteiger partial charge >= 0.3 is 0 Å². The lowest BCUT2D eigenvalue weighted by Crippen LogP contribution is -2.10. The van der Waals surface area contributed by atoms with E-state index in [1.165, 1.54) is 4.90 Å². The van der Waals surface area contributed by atoms with Gasteiger partial charge in [-0.15, -0.1) is 18.2 Å². The van der Waals surface area contributed by atoms with Crippen molar-refractivity contribution in [1.29, 1.82) is 0 Å². The van der Waals surface area contributed by atoms with Gasteiger partial charge in [-0.05, 0) is 24.0 Å². The number of anilines is 1. The van der Waals surface area contributed by atoms with Crippen molar-refractivity contribution >= 4 is 34.3 Å². The minimum absolute atomic E-state index is 0.890. The van der Waals surface area contributed by atoms with E-state index in [2.05, 4.69) is 52.9 Å². The molecule has 0 radical (unpaired) electrons. The van der Waals surface area contributed by atoms with Crippen molar-refractivity contribution in [3.8, 4) is 36.1 Å². The zero-order valence-electron chi connectivity index (χ0n) is 11.1. The normalized spacial score (nSPS) is 17.2. The molecular weight excluding hydrogens is 296 g/mol. The van der Waals surface area contributed by atoms with E-state index in [9.17, 15) is 0 Å². The molecule has 0 aliphatic carbocycles. The van der Waals surface area contributed by atoms with Crippen LogP contribution in [0.5, 0.6) is 0 Å². The Labute approximate surface area is 133 Å². The van der Waals surface area contributed by atoms with E-state index < -0.39 is 0 Å². The summed E-state index contributed by atoms with van der Waals surface area (Å²) >= 11 is 3.47. The second-order valence-electron chi connectivity index (χ2n) is 4.09. The van der Waals surface area contributed by atoms with Gasteiger partial charge < -0.3 is 0 Å². The largest absolute Gasteiger partial charge is 0.277 e. The predicted octanol–water partition coefficient (Wildman–Crippen LogP) is 3.18. The van der Waals surface area contributed by atoms with E-state index in [0.29, 0.717) is 0 Å². The van der Waals surface area contributed by atoms with E-state index >= 15 is 0 Å². The van der Waals surface area contributed by atoms with Gasteiger partial charge in [-0.25, -0.2) is 0 Å². The Kier molecular flexibility index (Phi) is 4.27. The van der Waals surface area contributed by atoms with Crippen LogP contribution in [0.4, 0.5) is 5.69 Å². The lowest BCUT2D eigenvalue weighted by Gasteiger charge is -2.11. The third-order valence-corrected chi connectivity index (χ3v) is 4.77. The number of terminal acetylenes is 1. The maximum absolute atomic E-state index is 5.10. The van der Waals surface area contributed by atoms with Crippen molar-refractivity contribution < 1.29 is 0 Å². The molecule has 0 spiro atoms. The minimum Gasteiger partial charge on any atom is -0.277 e. The van der Waals surface area contributed by atoms with Crippen LogP contribution in [0.25, 0.3) is 0 Å². The quantitative estimate of drug-likeness (QED) is 0.741. The van der Waals surface area contributed by atoms with E-state index in [0.717, 1.165) is 28.1 Å². The maximum atomic E-state index is 5.10. The smallest absolute Gasteiger partial charge is 0.0954 e. The van der Waals surface area contributed by atoms with Crippen LogP contribution >= 0.6 is 23.5 Å². The molecule has 0 amide bonds. The molecule has 0 N–H and O–H groups in total. The molecule has 0 atom stereocenters. The molecular formula is C17H10N2S2. The molecule has 21 heavy (non-hydrogen) atoms. The van der Waals surface area contributed by atoms with E-state index in [1.807, 2.05) is 17.0 Å². The van der Waals surface area contributed by atoms with Crippen LogP contribution in [0.3, 0.4) is 0 Å². The Hall–Kier alpha value is -2.19. The fourth-order valence-electron chi connectivity index (χ4n) is 1.91. The van der Waals surface area contributed by atoms with Crippen LogP contribution < -0.4 is 4.90 Å². The van der Waals surface area contributed by atoms with E-state index in [4.69, 9.17) is 6.42 Å². The number of hydrogen-bond donors (Lipinski definition) is 0. The summed E-state index contributed by atoms with van der Waals surface area (Å²) in [6.07, 6.45) is 7.19. The van der Waals surface area contributed by atoms with Crippen molar-refractivity contribution in [2.75, 3.05) is 17.2 Å². The molecule has 1 aromatic carbocycles. The Morgan fingerprint density at radius 1 is 1.24 bits per heavy atom. The first-order valence-electron chi connectivity index (χ1n) is 6.31. The summed E-state index contributed by atoms with van der Waals surface area (Å²) < 4.78 is 0. The van der Waals surface area contributed by atoms with Crippen LogP contribution in [-0.4, -0.2) is 17.3 Å². The number of thioether (sulfide) groups is 2. The van der Waals surface area contributed by atoms with Gasteiger partial charge in [0.05, 0.1) is 15.8 Å². The molecule has 1 aromatic rings. The molecule has 2 nitrogen and oxygen atoms in total. The molecule has 3 rings (SSSR count). The summed E-state index contributed by atoms with van der Waals surface area (Å²) in [6, 6.07) is 11.2. The third kappa shape index (κ3) is 3.11. The summed E-state index contributed by atoms with van der Waals surface area (Å²) in [7, 11) is 0. The topological polar surface area (TPSA) is 15.6 Å². The van der Waals surface area contributed by atoms with Crippen molar-refractivity contribution in [2.24, 2.45) is 4.99 Å². The zero-order valence-corrected chi connectivity index (χ0v) is 12.7. The Morgan fingerprint density at radius 3 is 2.95 bits per heavy atom. The fourth-order valence-corrected chi connectivity index (χ4v) is 3.80. The van der Waals surface area contributed by atoms with E-state index in [1.54, 1.807) is 23.5 Å². The summed E-state index contributed by atoms with van der Waals surface area (Å²) in [5.74, 6) is 11.3. The van der Waals surface area contributed by atoms with E-state index in [-0.39, 0.29) is 0 Å². The first-order chi connectivity index (χ1) is 10.4. The van der Waals surface area contributed by atoms with Gasteiger partial charge in [0.2, 0.25) is 0 Å². The highest BCUT2D eigenvalue weighted by Crippen LogP contribution is 2.45. The van der Waals surface area contributed by atoms with Crippen LogP contribution in [0.1, 0.15) is 0 Å². The molecule has 2 heterocycles. The van der Waals surface area contributed by atoms with Crippen LogP contribution in [-0.2, 0) is 0 Å². The predicted molar refractivity (Wildman–Crippen MR) is 92.0 cm³/mol. The zero-order chi connectivity index (χ0) is 14.5. The van der Waals surface area contributed by atoms with Gasteiger partial charge in [-0.1, -0.05) is 23.9 Å². The first kappa shape index (κ1) is 13.8. The number of para-hydroxylation sites is 1. The Balaban J connectivity index is 1.96. The highest BCUT2D eigenvalue weighted by Gasteiger charge is 2.24. The van der Waals surface area contributed by atoms with Crippen molar-refractivity contribution in [3.63, 3.8) is 0 Å². The number of aliphatic imine (C=N–C) groups is 1. The molecule has 2 aliphatic rings. The standard InChI is InChI=1S/C17H10N2S2/c1-2-3-4-7-11-19-14-8-5-6-9-15(14)21-17(19)13-16-18-10-12-20-16/h1,5-6,8-9,13H,10,12H2. The number of nitrogens with zero attached hydrogens (tertiary/aromatic N) is 2. The van der Waals surface area contributed by atoms with Gasteiger partial charge in [0.15, 0.2) is 0 Å². The Bertz CT molecular complexity index is 792. The second kappa shape index (κ2) is 6.51. The molecule has 0 bridgehead atoms.